The molecule has 2 rings (SSSR count). The molecule has 2 aliphatic heterocycles. The van der Waals surface area contributed by atoms with Crippen molar-refractivity contribution in [3.63, 3.8) is 0 Å². The van der Waals surface area contributed by atoms with Crippen LogP contribution in [0, 0.1) is 0 Å². The normalized spacial score (nSPS) is 35.5. The van der Waals surface area contributed by atoms with Gasteiger partial charge in [0.2, 0.25) is 5.79 Å². The lowest BCUT2D eigenvalue weighted by atomic mass is 10.0. The van der Waals surface area contributed by atoms with Gasteiger partial charge in [-0.1, -0.05) is 71.1 Å². The molecule has 9 atom stereocenters. The Labute approximate surface area is 241 Å². The second-order valence-corrected chi connectivity index (χ2v) is 11.3. The summed E-state index contributed by atoms with van der Waals surface area (Å²) in [5.74, 6) is -2.92. The van der Waals surface area contributed by atoms with Crippen LogP contribution in [0.1, 0.15) is 84.0 Å². The highest BCUT2D eigenvalue weighted by atomic mass is 35.5. The Morgan fingerprint density at radius 1 is 0.842 bits per heavy atom. The highest BCUT2D eigenvalue weighted by Gasteiger charge is 2.58. The minimum Gasteiger partial charge on any atom is -0.463 e. The molecule has 4 N–H and O–H groups in total. The van der Waals surface area contributed by atoms with Crippen LogP contribution in [0.2, 0.25) is 0 Å². The van der Waals surface area contributed by atoms with Crippen LogP contribution in [0.5, 0.6) is 0 Å². The van der Waals surface area contributed by atoms with E-state index in [2.05, 4.69) is 6.92 Å². The summed E-state index contributed by atoms with van der Waals surface area (Å²) < 4.78 is 22.2. The van der Waals surface area contributed by atoms with E-state index in [-0.39, 0.29) is 18.9 Å². The minimum absolute atomic E-state index is 0.140. The van der Waals surface area contributed by atoms with E-state index in [1.165, 1.54) is 51.4 Å². The van der Waals surface area contributed by atoms with Crippen molar-refractivity contribution in [3.8, 4) is 0 Å². The van der Waals surface area contributed by atoms with Crippen LogP contribution in [0.3, 0.4) is 0 Å². The van der Waals surface area contributed by atoms with Crippen molar-refractivity contribution in [2.75, 3.05) is 18.4 Å². The molecule has 0 saturated carbocycles. The molecule has 2 fully saturated rings. The van der Waals surface area contributed by atoms with E-state index in [1.54, 1.807) is 0 Å². The number of aliphatic hydroxyl groups is 4. The quantitative estimate of drug-likeness (QED) is 0.105. The average Bonchev–Trinajstić information content (AvgIpc) is 3.16. The molecular formula is C26H45Cl3O9. The molecule has 2 unspecified atom stereocenters. The smallest absolute Gasteiger partial charge is 0.305 e. The first-order chi connectivity index (χ1) is 18.2. The summed E-state index contributed by atoms with van der Waals surface area (Å²) in [4.78, 5) is 12.2. The van der Waals surface area contributed by atoms with Crippen LogP contribution in [-0.4, -0.2) is 98.8 Å². The van der Waals surface area contributed by atoms with Crippen molar-refractivity contribution in [1.29, 1.82) is 0 Å². The van der Waals surface area contributed by atoms with Crippen molar-refractivity contribution >= 4 is 40.8 Å². The second-order valence-electron chi connectivity index (χ2n) is 10.2. The van der Waals surface area contributed by atoms with E-state index < -0.39 is 65.9 Å². The lowest BCUT2D eigenvalue weighted by Crippen LogP contribution is -2.61. The fraction of sp³-hybridized carbons (Fsp3) is 0.962. The molecule has 0 bridgehead atoms. The summed E-state index contributed by atoms with van der Waals surface area (Å²) in [6, 6.07) is 0. The maximum atomic E-state index is 12.2. The van der Waals surface area contributed by atoms with E-state index >= 15 is 0 Å². The lowest BCUT2D eigenvalue weighted by molar-refractivity contribution is -0.357. The van der Waals surface area contributed by atoms with Crippen molar-refractivity contribution in [2.24, 2.45) is 0 Å². The first-order valence-corrected chi connectivity index (χ1v) is 15.4. The fourth-order valence-corrected chi connectivity index (χ4v) is 5.54. The molecule has 9 nitrogen and oxygen atoms in total. The van der Waals surface area contributed by atoms with E-state index in [9.17, 15) is 25.2 Å². The monoisotopic (exact) mass is 606 g/mol. The van der Waals surface area contributed by atoms with E-state index in [4.69, 9.17) is 53.8 Å². The molecule has 0 radical (unpaired) electrons. The van der Waals surface area contributed by atoms with E-state index in [1.807, 2.05) is 0 Å². The number of ether oxygens (including phenoxy) is 4. The molecule has 0 aromatic carbocycles. The maximum absolute atomic E-state index is 12.2. The van der Waals surface area contributed by atoms with Crippen molar-refractivity contribution in [2.45, 2.75) is 138 Å². The number of hydrogen-bond donors (Lipinski definition) is 4. The Kier molecular flexibility index (Phi) is 16.0. The van der Waals surface area contributed by atoms with Gasteiger partial charge in [0, 0.05) is 6.42 Å². The number of hydrogen-bond acceptors (Lipinski definition) is 9. The predicted octanol–water partition coefficient (Wildman–Crippen LogP) is 3.60. The summed E-state index contributed by atoms with van der Waals surface area (Å²) in [5, 5.41) is 40.4. The molecule has 2 heterocycles. The third-order valence-electron chi connectivity index (χ3n) is 7.17. The summed E-state index contributed by atoms with van der Waals surface area (Å²) in [5.41, 5.74) is 0. The number of esters is 1. The first kappa shape index (κ1) is 34.3. The molecule has 0 amide bonds. The molecule has 12 heteroatoms. The molecule has 2 aliphatic rings. The molecule has 2 saturated heterocycles. The predicted molar refractivity (Wildman–Crippen MR) is 144 cm³/mol. The van der Waals surface area contributed by atoms with Gasteiger partial charge in [0.05, 0.1) is 17.1 Å². The van der Waals surface area contributed by atoms with Crippen LogP contribution in [-0.2, 0) is 23.7 Å². The highest BCUT2D eigenvalue weighted by Crippen LogP contribution is 2.38. The number of alkyl halides is 3. The van der Waals surface area contributed by atoms with Gasteiger partial charge in [-0.25, -0.2) is 0 Å². The SMILES string of the molecule is CCCCCCCCCCCCCC(=O)OCC1O[C@H](O[C@@]2(CCl)O[C@H](CCl)[C@@H](O)[C@H]2O)C(O)[C@@H](O)[C@H]1Cl. The van der Waals surface area contributed by atoms with Crippen molar-refractivity contribution in [3.05, 3.63) is 0 Å². The standard InChI is InChI=1S/C26H45Cl3O9/c1-2-3-4-5-6-7-8-9-10-11-12-13-19(30)35-15-18-20(29)22(32)23(33)25(36-18)38-26(16-28)24(34)21(31)17(14-27)37-26/h17-18,20-25,31-34H,2-16H2,1H3/t17-,18?,20+,21-,22+,23?,24-,25-,26-/m1/s1. The third kappa shape index (κ3) is 9.86. The van der Waals surface area contributed by atoms with E-state index in [0.29, 0.717) is 0 Å². The maximum Gasteiger partial charge on any atom is 0.305 e. The Bertz CT molecular complexity index is 676. The Hall–Kier alpha value is 0.0600. The van der Waals surface area contributed by atoms with Gasteiger partial charge >= 0.3 is 5.97 Å². The van der Waals surface area contributed by atoms with Gasteiger partial charge in [0.15, 0.2) is 6.29 Å². The second kappa shape index (κ2) is 17.8. The van der Waals surface area contributed by atoms with Crippen LogP contribution < -0.4 is 0 Å². The Morgan fingerprint density at radius 3 is 1.95 bits per heavy atom. The number of aliphatic hydroxyl groups excluding tert-OH is 4. The Morgan fingerprint density at radius 2 is 1.42 bits per heavy atom. The molecule has 0 spiro atoms. The summed E-state index contributed by atoms with van der Waals surface area (Å²) in [7, 11) is 0. The van der Waals surface area contributed by atoms with Crippen LogP contribution in [0.25, 0.3) is 0 Å². The summed E-state index contributed by atoms with van der Waals surface area (Å²) in [6.07, 6.45) is 3.57. The molecule has 0 aliphatic carbocycles. The first-order valence-electron chi connectivity index (χ1n) is 13.9. The average molecular weight is 608 g/mol. The van der Waals surface area contributed by atoms with Crippen molar-refractivity contribution < 1.29 is 44.2 Å². The number of unbranched alkanes of at least 4 members (excludes halogenated alkanes) is 10. The van der Waals surface area contributed by atoms with Crippen LogP contribution in [0.15, 0.2) is 0 Å². The lowest BCUT2D eigenvalue weighted by Gasteiger charge is -2.43. The fourth-order valence-electron chi connectivity index (χ4n) is 4.72. The number of halogens is 3. The van der Waals surface area contributed by atoms with Crippen LogP contribution in [0.4, 0.5) is 0 Å². The largest absolute Gasteiger partial charge is 0.463 e. The molecule has 38 heavy (non-hydrogen) atoms. The van der Waals surface area contributed by atoms with Gasteiger partial charge in [-0.05, 0) is 6.42 Å². The van der Waals surface area contributed by atoms with Gasteiger partial charge in [0.1, 0.15) is 43.2 Å². The molecule has 0 aromatic heterocycles. The number of carbonyl (C=O) groups is 1. The highest BCUT2D eigenvalue weighted by molar-refractivity contribution is 6.21. The van der Waals surface area contributed by atoms with Gasteiger partial charge in [-0.3, -0.25) is 4.79 Å². The van der Waals surface area contributed by atoms with Crippen LogP contribution >= 0.6 is 34.8 Å². The molecule has 224 valence electrons. The van der Waals surface area contributed by atoms with Gasteiger partial charge in [0.25, 0.3) is 0 Å². The number of carbonyl (C=O) groups excluding carboxylic acids is 1. The van der Waals surface area contributed by atoms with Crippen molar-refractivity contribution in [1.82, 2.24) is 0 Å². The zero-order valence-electron chi connectivity index (χ0n) is 22.2. The molecular weight excluding hydrogens is 563 g/mol. The number of rotatable bonds is 18. The minimum atomic E-state index is -1.94. The zero-order valence-corrected chi connectivity index (χ0v) is 24.5. The van der Waals surface area contributed by atoms with Gasteiger partial charge in [-0.2, -0.15) is 0 Å². The summed E-state index contributed by atoms with van der Waals surface area (Å²) in [6.45, 7) is 1.95. The zero-order chi connectivity index (χ0) is 28.1. The summed E-state index contributed by atoms with van der Waals surface area (Å²) >= 11 is 18.0. The van der Waals surface area contributed by atoms with E-state index in [0.717, 1.165) is 19.3 Å². The van der Waals surface area contributed by atoms with Gasteiger partial charge < -0.3 is 39.4 Å². The Balaban J connectivity index is 1.73. The van der Waals surface area contributed by atoms with Gasteiger partial charge in [-0.15, -0.1) is 34.8 Å². The third-order valence-corrected chi connectivity index (χ3v) is 8.39. The molecule has 0 aromatic rings. The topological polar surface area (TPSA) is 135 Å².